The van der Waals surface area contributed by atoms with Crippen molar-refractivity contribution in [3.8, 4) is 85.4 Å². The first-order valence-corrected chi connectivity index (χ1v) is 19.5. The number of halogens is 2. The Hall–Kier alpha value is -8.59. The molecule has 0 N–H and O–H groups in total. The third-order valence-electron chi connectivity index (χ3n) is 10.9. The summed E-state index contributed by atoms with van der Waals surface area (Å²) in [6, 6.07) is 60.3. The smallest absolute Gasteiger partial charge is 0.166 e. The molecule has 0 saturated heterocycles. The summed E-state index contributed by atoms with van der Waals surface area (Å²) in [4.78, 5) is 15.1. The quantitative estimate of drug-likeness (QED) is 0.160. The number of nitriles is 2. The molecule has 286 valence electrons. The molecule has 6 nitrogen and oxygen atoms in total. The largest absolute Gasteiger partial charge is 0.308 e. The van der Waals surface area contributed by atoms with Crippen LogP contribution < -0.4 is 0 Å². The van der Waals surface area contributed by atoms with E-state index in [-0.39, 0.29) is 5.56 Å². The van der Waals surface area contributed by atoms with Crippen molar-refractivity contribution >= 4 is 21.8 Å². The van der Waals surface area contributed by atoms with Gasteiger partial charge in [0.2, 0.25) is 0 Å². The monoisotopic (exact) mass is 788 g/mol. The van der Waals surface area contributed by atoms with E-state index >= 15 is 4.39 Å². The number of fused-ring (bicyclic) bond motifs is 3. The first-order chi connectivity index (χ1) is 30.0. The van der Waals surface area contributed by atoms with E-state index in [9.17, 15) is 14.9 Å². The second-order valence-corrected chi connectivity index (χ2v) is 14.5. The normalized spacial score (nSPS) is 11.1. The minimum Gasteiger partial charge on any atom is -0.308 e. The lowest BCUT2D eigenvalue weighted by Gasteiger charge is -2.17. The molecule has 0 spiro atoms. The molecule has 10 rings (SSSR count). The summed E-state index contributed by atoms with van der Waals surface area (Å²) in [7, 11) is 0. The van der Waals surface area contributed by atoms with Gasteiger partial charge in [0.15, 0.2) is 17.5 Å². The molecule has 8 heteroatoms. The first-order valence-electron chi connectivity index (χ1n) is 19.5. The highest BCUT2D eigenvalue weighted by Crippen LogP contribution is 2.42. The van der Waals surface area contributed by atoms with Gasteiger partial charge < -0.3 is 4.57 Å². The molecule has 0 fully saturated rings. The van der Waals surface area contributed by atoms with Crippen molar-refractivity contribution in [3.05, 3.63) is 205 Å². The van der Waals surface area contributed by atoms with Gasteiger partial charge in [-0.15, -0.1) is 0 Å². The fourth-order valence-corrected chi connectivity index (χ4v) is 8.00. The van der Waals surface area contributed by atoms with Crippen LogP contribution in [-0.2, 0) is 0 Å². The fourth-order valence-electron chi connectivity index (χ4n) is 8.00. The zero-order chi connectivity index (χ0) is 41.5. The van der Waals surface area contributed by atoms with E-state index in [1.807, 2.05) is 133 Å². The van der Waals surface area contributed by atoms with Crippen LogP contribution in [0.25, 0.3) is 95.0 Å². The maximum absolute atomic E-state index is 15.7. The van der Waals surface area contributed by atoms with Crippen LogP contribution >= 0.6 is 0 Å². The second kappa shape index (κ2) is 15.3. The predicted octanol–water partition coefficient (Wildman–Crippen LogP) is 13.0. The number of aromatic nitrogens is 4. The van der Waals surface area contributed by atoms with Crippen LogP contribution in [0.4, 0.5) is 8.78 Å². The SMILES string of the molecule is N#Cc1ccccc1-c1ccc2c3ccc(-c4ccccc4C#N)cc3n(-c3cc(-c4ccc(F)cc4F)ccc3-c3nc(-c4ccccc4)nc(-c4ccccc4)n3)c2c1. The maximum atomic E-state index is 15.7. The van der Waals surface area contributed by atoms with Crippen molar-refractivity contribution in [2.24, 2.45) is 0 Å². The lowest BCUT2D eigenvalue weighted by atomic mass is 9.98. The van der Waals surface area contributed by atoms with Gasteiger partial charge in [-0.3, -0.25) is 0 Å². The van der Waals surface area contributed by atoms with Crippen molar-refractivity contribution < 1.29 is 8.78 Å². The molecule has 0 aliphatic heterocycles. The average Bonchev–Trinajstić information content (AvgIpc) is 3.64. The third-order valence-corrected chi connectivity index (χ3v) is 10.9. The van der Waals surface area contributed by atoms with Crippen LogP contribution in [0.1, 0.15) is 11.1 Å². The van der Waals surface area contributed by atoms with Gasteiger partial charge >= 0.3 is 0 Å². The van der Waals surface area contributed by atoms with Crippen LogP contribution in [0, 0.1) is 34.3 Å². The van der Waals surface area contributed by atoms with Gasteiger partial charge in [0.05, 0.1) is 40.0 Å². The zero-order valence-corrected chi connectivity index (χ0v) is 32.3. The molecule has 0 aliphatic rings. The van der Waals surface area contributed by atoms with Gasteiger partial charge in [-0.25, -0.2) is 23.7 Å². The van der Waals surface area contributed by atoms with Gasteiger partial charge in [-0.05, 0) is 76.3 Å². The molecule has 0 bridgehead atoms. The Labute approximate surface area is 349 Å². The standard InChI is InChI=1S/C53H30F2N6/c54-40-22-26-43(47(55)30-40)37-21-25-46(53-59-51(33-11-3-1-4-12-33)58-52(60-53)34-13-5-2-6-14-34)50(29-37)61-48-27-35(41-17-9-7-15-38(41)31-56)19-23-44(48)45-24-20-36(28-49(45)61)42-18-10-8-16-39(42)32-57/h1-30H. The van der Waals surface area contributed by atoms with Gasteiger partial charge in [0, 0.05) is 39.1 Å². The van der Waals surface area contributed by atoms with E-state index < -0.39 is 11.6 Å². The number of hydrogen-bond acceptors (Lipinski definition) is 5. The Bertz CT molecular complexity index is 3250. The summed E-state index contributed by atoms with van der Waals surface area (Å²) < 4.78 is 32.1. The summed E-state index contributed by atoms with van der Waals surface area (Å²) in [6.07, 6.45) is 0. The Kier molecular flexibility index (Phi) is 9.21. The molecule has 10 aromatic rings. The van der Waals surface area contributed by atoms with Crippen molar-refractivity contribution in [1.82, 2.24) is 19.5 Å². The van der Waals surface area contributed by atoms with Crippen LogP contribution in [0.15, 0.2) is 182 Å². The minimum atomic E-state index is -0.704. The van der Waals surface area contributed by atoms with Crippen molar-refractivity contribution in [2.75, 3.05) is 0 Å². The predicted molar refractivity (Wildman–Crippen MR) is 236 cm³/mol. The Morgan fingerprint density at radius 2 is 0.852 bits per heavy atom. The molecule has 0 unspecified atom stereocenters. The van der Waals surface area contributed by atoms with E-state index in [0.29, 0.717) is 45.4 Å². The van der Waals surface area contributed by atoms with E-state index in [0.717, 1.165) is 61.3 Å². The Morgan fingerprint density at radius 1 is 0.393 bits per heavy atom. The molecule has 8 aromatic carbocycles. The Morgan fingerprint density at radius 3 is 1.38 bits per heavy atom. The molecule has 0 atom stereocenters. The lowest BCUT2D eigenvalue weighted by molar-refractivity contribution is 0.585. The van der Waals surface area contributed by atoms with E-state index in [1.54, 1.807) is 18.2 Å². The molecule has 0 radical (unpaired) electrons. The highest BCUT2D eigenvalue weighted by atomic mass is 19.1. The van der Waals surface area contributed by atoms with Crippen molar-refractivity contribution in [2.45, 2.75) is 0 Å². The molecule has 61 heavy (non-hydrogen) atoms. The summed E-state index contributed by atoms with van der Waals surface area (Å²) in [5.74, 6) is -0.0672. The van der Waals surface area contributed by atoms with Crippen molar-refractivity contribution in [1.29, 1.82) is 10.5 Å². The first kappa shape index (κ1) is 36.7. The van der Waals surface area contributed by atoms with Gasteiger partial charge in [-0.2, -0.15) is 10.5 Å². The molecule has 2 aromatic heterocycles. The van der Waals surface area contributed by atoms with Crippen LogP contribution in [0.5, 0.6) is 0 Å². The van der Waals surface area contributed by atoms with E-state index in [4.69, 9.17) is 15.0 Å². The van der Waals surface area contributed by atoms with Crippen LogP contribution in [0.3, 0.4) is 0 Å². The topological polar surface area (TPSA) is 91.2 Å². The zero-order valence-electron chi connectivity index (χ0n) is 32.3. The van der Waals surface area contributed by atoms with E-state index in [2.05, 4.69) is 28.8 Å². The molecular weight excluding hydrogens is 759 g/mol. The molecule has 0 aliphatic carbocycles. The third kappa shape index (κ3) is 6.65. The summed E-state index contributed by atoms with van der Waals surface area (Å²) >= 11 is 0. The molecular formula is C53H30F2N6. The Balaban J connectivity index is 1.33. The van der Waals surface area contributed by atoms with Crippen LogP contribution in [0.2, 0.25) is 0 Å². The lowest BCUT2D eigenvalue weighted by Crippen LogP contribution is -2.04. The summed E-state index contributed by atoms with van der Waals surface area (Å²) in [6.45, 7) is 0. The second-order valence-electron chi connectivity index (χ2n) is 14.5. The van der Waals surface area contributed by atoms with Gasteiger partial charge in [0.1, 0.15) is 11.6 Å². The average molecular weight is 789 g/mol. The maximum Gasteiger partial charge on any atom is 0.166 e. The highest BCUT2D eigenvalue weighted by molar-refractivity contribution is 6.12. The summed E-state index contributed by atoms with van der Waals surface area (Å²) in [5.41, 5.74) is 9.39. The fraction of sp³-hybridized carbons (Fsp3) is 0. The van der Waals surface area contributed by atoms with Crippen LogP contribution in [-0.4, -0.2) is 19.5 Å². The highest BCUT2D eigenvalue weighted by Gasteiger charge is 2.22. The number of rotatable bonds is 7. The number of hydrogen-bond donors (Lipinski definition) is 0. The molecule has 0 amide bonds. The molecule has 2 heterocycles. The summed E-state index contributed by atoms with van der Waals surface area (Å²) in [5, 5.41) is 22.1. The van der Waals surface area contributed by atoms with Crippen molar-refractivity contribution in [3.63, 3.8) is 0 Å². The molecule has 0 saturated carbocycles. The van der Waals surface area contributed by atoms with Gasteiger partial charge in [-0.1, -0.05) is 127 Å². The minimum absolute atomic E-state index is 0.216. The number of nitrogens with zero attached hydrogens (tertiary/aromatic N) is 6. The number of benzene rings is 8. The van der Waals surface area contributed by atoms with E-state index in [1.165, 1.54) is 12.1 Å². The van der Waals surface area contributed by atoms with Gasteiger partial charge in [0.25, 0.3) is 0 Å².